The number of nitrogens with one attached hydrogen (secondary N) is 1. The molecule has 1 aliphatic rings. The Morgan fingerprint density at radius 2 is 2.06 bits per heavy atom. The molecule has 0 saturated carbocycles. The van der Waals surface area contributed by atoms with E-state index in [2.05, 4.69) is 43.4 Å². The summed E-state index contributed by atoms with van der Waals surface area (Å²) in [6.45, 7) is 10.4. The first kappa shape index (κ1) is 24.8. The van der Waals surface area contributed by atoms with Gasteiger partial charge in [-0.1, -0.05) is 36.4 Å². The Morgan fingerprint density at radius 1 is 1.31 bits per heavy atom. The van der Waals surface area contributed by atoms with E-state index < -0.39 is 25.9 Å². The molecule has 1 aliphatic heterocycles. The van der Waals surface area contributed by atoms with Gasteiger partial charge in [0.15, 0.2) is 17.0 Å². The Morgan fingerprint density at radius 3 is 2.71 bits per heavy atom. The van der Waals surface area contributed by atoms with E-state index in [1.807, 2.05) is 31.4 Å². The number of carbonyl (C=O) groups is 1. The maximum Gasteiger partial charge on any atom is 0.256 e. The van der Waals surface area contributed by atoms with Gasteiger partial charge in [-0.05, 0) is 38.4 Å². The molecule has 183 valence electrons. The second kappa shape index (κ2) is 9.74. The summed E-state index contributed by atoms with van der Waals surface area (Å²) in [5.41, 5.74) is 10.0. The largest absolute Gasteiger partial charge is 0.370 e. The lowest BCUT2D eigenvalue weighted by Crippen LogP contribution is -2.45. The molecule has 1 radical (unpaired) electrons. The van der Waals surface area contributed by atoms with Gasteiger partial charge in [0, 0.05) is 16.9 Å². The SMILES string of the molecule is C[Si](C)[C@]1(n2cnc3c(NC(=O)c4ccccc4)ncnc32)C[C@H](OC(C)(C)C)[C@@H](CN=[N+]=[N-])O1. The van der Waals surface area contributed by atoms with Crippen molar-refractivity contribution in [2.75, 3.05) is 11.9 Å². The van der Waals surface area contributed by atoms with E-state index in [9.17, 15) is 4.79 Å². The van der Waals surface area contributed by atoms with E-state index in [0.717, 1.165) is 0 Å². The van der Waals surface area contributed by atoms with Crippen molar-refractivity contribution in [3.8, 4) is 0 Å². The van der Waals surface area contributed by atoms with Crippen molar-refractivity contribution < 1.29 is 14.3 Å². The van der Waals surface area contributed by atoms with Gasteiger partial charge in [0.2, 0.25) is 0 Å². The number of hydrogen-bond acceptors (Lipinski definition) is 7. The lowest BCUT2D eigenvalue weighted by molar-refractivity contribution is -0.0950. The fraction of sp³-hybridized carbons (Fsp3) is 0.478. The molecule has 1 amide bonds. The van der Waals surface area contributed by atoms with Crippen LogP contribution in [0.2, 0.25) is 13.1 Å². The second-order valence-corrected chi connectivity index (χ2v) is 12.4. The second-order valence-electron chi connectivity index (χ2n) is 9.66. The zero-order valence-electron chi connectivity index (χ0n) is 20.5. The average Bonchev–Trinajstić information content (AvgIpc) is 3.40. The van der Waals surface area contributed by atoms with E-state index in [0.29, 0.717) is 29.0 Å². The lowest BCUT2D eigenvalue weighted by atomic mass is 10.1. The number of anilines is 1. The Kier molecular flexibility index (Phi) is 6.90. The number of rotatable bonds is 7. The average molecular weight is 494 g/mol. The number of hydrogen-bond donors (Lipinski definition) is 1. The van der Waals surface area contributed by atoms with Crippen LogP contribution in [0.5, 0.6) is 0 Å². The highest BCUT2D eigenvalue weighted by Gasteiger charge is 2.52. The summed E-state index contributed by atoms with van der Waals surface area (Å²) in [6.07, 6.45) is 2.94. The van der Waals surface area contributed by atoms with Gasteiger partial charge < -0.3 is 14.8 Å². The molecule has 0 spiro atoms. The topological polar surface area (TPSA) is 140 Å². The lowest BCUT2D eigenvalue weighted by Gasteiger charge is -2.34. The number of amides is 1. The van der Waals surface area contributed by atoms with Crippen LogP contribution >= 0.6 is 0 Å². The first-order valence-electron chi connectivity index (χ1n) is 11.4. The highest BCUT2D eigenvalue weighted by molar-refractivity contribution is 6.58. The molecule has 4 rings (SSSR count). The fourth-order valence-electron chi connectivity index (χ4n) is 4.30. The number of ether oxygens (including phenoxy) is 2. The van der Waals surface area contributed by atoms with Gasteiger partial charge >= 0.3 is 0 Å². The van der Waals surface area contributed by atoms with Gasteiger partial charge in [-0.15, -0.1) is 0 Å². The molecule has 2 aromatic heterocycles. The van der Waals surface area contributed by atoms with Crippen molar-refractivity contribution in [2.45, 2.75) is 63.4 Å². The zero-order valence-corrected chi connectivity index (χ0v) is 21.5. The molecular formula is C23H29N8O3Si. The molecule has 3 atom stereocenters. The Hall–Kier alpha value is -3.31. The van der Waals surface area contributed by atoms with Crippen molar-refractivity contribution >= 4 is 31.7 Å². The zero-order chi connectivity index (χ0) is 25.2. The first-order valence-corrected chi connectivity index (χ1v) is 13.9. The van der Waals surface area contributed by atoms with Crippen LogP contribution < -0.4 is 5.32 Å². The third-order valence-corrected chi connectivity index (χ3v) is 7.97. The predicted octanol–water partition coefficient (Wildman–Crippen LogP) is 4.31. The Labute approximate surface area is 205 Å². The number of aromatic nitrogens is 4. The molecule has 0 bridgehead atoms. The Bertz CT molecular complexity index is 1250. The number of fused-ring (bicyclic) bond motifs is 1. The van der Waals surface area contributed by atoms with Gasteiger partial charge in [0.05, 0.1) is 30.7 Å². The molecule has 1 saturated heterocycles. The molecule has 3 heterocycles. The van der Waals surface area contributed by atoms with Gasteiger partial charge in [-0.2, -0.15) is 0 Å². The first-order chi connectivity index (χ1) is 16.6. The van der Waals surface area contributed by atoms with Crippen LogP contribution in [0.15, 0.2) is 48.1 Å². The number of nitrogens with zero attached hydrogens (tertiary/aromatic N) is 7. The molecule has 3 aromatic rings. The van der Waals surface area contributed by atoms with Gasteiger partial charge in [-0.3, -0.25) is 9.36 Å². The summed E-state index contributed by atoms with van der Waals surface area (Å²) in [5.74, 6) is 0.0423. The van der Waals surface area contributed by atoms with Crippen LogP contribution in [0, 0.1) is 0 Å². The minimum atomic E-state index is -1.17. The van der Waals surface area contributed by atoms with E-state index in [4.69, 9.17) is 15.0 Å². The van der Waals surface area contributed by atoms with Crippen LogP contribution in [0.25, 0.3) is 21.6 Å². The molecule has 1 aromatic carbocycles. The highest BCUT2D eigenvalue weighted by Crippen LogP contribution is 2.42. The maximum atomic E-state index is 12.7. The smallest absolute Gasteiger partial charge is 0.256 e. The molecule has 11 nitrogen and oxygen atoms in total. The number of azide groups is 1. The molecule has 0 aliphatic carbocycles. The molecule has 12 heteroatoms. The number of carbonyl (C=O) groups excluding carboxylic acids is 1. The van der Waals surface area contributed by atoms with Crippen molar-refractivity contribution in [1.29, 1.82) is 0 Å². The third kappa shape index (κ3) is 5.05. The van der Waals surface area contributed by atoms with Crippen molar-refractivity contribution in [1.82, 2.24) is 19.5 Å². The summed E-state index contributed by atoms with van der Waals surface area (Å²) in [4.78, 5) is 29.0. The molecular weight excluding hydrogens is 464 g/mol. The third-order valence-electron chi connectivity index (χ3n) is 5.84. The van der Waals surface area contributed by atoms with Crippen LogP contribution in [-0.4, -0.2) is 58.6 Å². The molecule has 1 N–H and O–H groups in total. The number of imidazole rings is 1. The van der Waals surface area contributed by atoms with Crippen LogP contribution in [0.1, 0.15) is 37.6 Å². The van der Waals surface area contributed by atoms with Crippen LogP contribution in [-0.2, 0) is 14.8 Å². The standard InChI is InChI=1S/C23H29N8O3Si/c1-22(2,3)33-16-11-23(35(4)5,34-17(16)12-28-30-24)31-14-27-18-19(25-13-26-20(18)31)29-21(32)15-9-7-6-8-10-15/h6-10,13-14,16-17H,11-12H2,1-5H3,(H,25,26,29,32)/t16-,17+,23-/m0/s1. The predicted molar refractivity (Wildman–Crippen MR) is 133 cm³/mol. The maximum absolute atomic E-state index is 12.7. The minimum Gasteiger partial charge on any atom is -0.370 e. The van der Waals surface area contributed by atoms with E-state index in [1.54, 1.807) is 30.6 Å². The monoisotopic (exact) mass is 493 g/mol. The molecule has 0 unspecified atom stereocenters. The van der Waals surface area contributed by atoms with Gasteiger partial charge in [0.1, 0.15) is 20.5 Å². The summed E-state index contributed by atoms with van der Waals surface area (Å²) in [7, 11) is -1.17. The van der Waals surface area contributed by atoms with Gasteiger partial charge in [-0.25, -0.2) is 15.0 Å². The molecule has 35 heavy (non-hydrogen) atoms. The summed E-state index contributed by atoms with van der Waals surface area (Å²) >= 11 is 0. The van der Waals surface area contributed by atoms with Crippen LogP contribution in [0.4, 0.5) is 5.82 Å². The normalized spacial score (nSPS) is 22.3. The highest BCUT2D eigenvalue weighted by atomic mass is 28.3. The van der Waals surface area contributed by atoms with Crippen molar-refractivity contribution in [3.63, 3.8) is 0 Å². The fourth-order valence-corrected chi connectivity index (χ4v) is 5.94. The Balaban J connectivity index is 1.72. The van der Waals surface area contributed by atoms with E-state index >= 15 is 0 Å². The quantitative estimate of drug-likeness (QED) is 0.225. The summed E-state index contributed by atoms with van der Waals surface area (Å²) in [6, 6.07) is 8.92. The van der Waals surface area contributed by atoms with E-state index in [1.165, 1.54) is 6.33 Å². The summed E-state index contributed by atoms with van der Waals surface area (Å²) < 4.78 is 14.9. The number of benzene rings is 1. The van der Waals surface area contributed by atoms with Crippen LogP contribution in [0.3, 0.4) is 0 Å². The van der Waals surface area contributed by atoms with E-state index in [-0.39, 0.29) is 18.6 Å². The summed E-state index contributed by atoms with van der Waals surface area (Å²) in [5, 5.41) is 5.86. The van der Waals surface area contributed by atoms with Crippen molar-refractivity contribution in [3.05, 3.63) is 59.0 Å². The minimum absolute atomic E-state index is 0.161. The van der Waals surface area contributed by atoms with Gasteiger partial charge in [0.25, 0.3) is 5.91 Å². The van der Waals surface area contributed by atoms with Crippen molar-refractivity contribution in [2.24, 2.45) is 5.11 Å². The molecule has 1 fully saturated rings.